The normalized spacial score (nSPS) is 13.8. The van der Waals surface area contributed by atoms with Crippen LogP contribution in [0.15, 0.2) is 28.7 Å². The van der Waals surface area contributed by atoms with Gasteiger partial charge >= 0.3 is 0 Å². The topological polar surface area (TPSA) is 38.0 Å². The van der Waals surface area contributed by atoms with Crippen molar-refractivity contribution >= 4 is 15.9 Å². The highest BCUT2D eigenvalue weighted by molar-refractivity contribution is 9.10. The van der Waals surface area contributed by atoms with Gasteiger partial charge in [-0.25, -0.2) is 0 Å². The third kappa shape index (κ3) is 4.90. The van der Waals surface area contributed by atoms with Gasteiger partial charge in [0, 0.05) is 16.4 Å². The van der Waals surface area contributed by atoms with Gasteiger partial charge in [-0.3, -0.25) is 0 Å². The molecule has 3 heteroatoms. The molecule has 1 rings (SSSR count). The van der Waals surface area contributed by atoms with Crippen molar-refractivity contribution in [3.63, 3.8) is 0 Å². The molecule has 0 aromatic heterocycles. The maximum Gasteiger partial charge on any atom is 0.0213 e. The summed E-state index contributed by atoms with van der Waals surface area (Å²) in [5.41, 5.74) is 7.26. The van der Waals surface area contributed by atoms with Gasteiger partial charge in [0.2, 0.25) is 0 Å². The molecule has 1 aromatic rings. The first-order chi connectivity index (χ1) is 8.88. The summed E-state index contributed by atoms with van der Waals surface area (Å²) in [6.07, 6.45) is 0. The SMILES string of the molecule is CC(C)C(CN)CNCC(C)(C)c1ccccc1Br. The summed E-state index contributed by atoms with van der Waals surface area (Å²) >= 11 is 3.64. The maximum absolute atomic E-state index is 5.81. The predicted molar refractivity (Wildman–Crippen MR) is 87.4 cm³/mol. The van der Waals surface area contributed by atoms with Gasteiger partial charge in [-0.2, -0.15) is 0 Å². The molecule has 0 fully saturated rings. The smallest absolute Gasteiger partial charge is 0.0213 e. The summed E-state index contributed by atoms with van der Waals surface area (Å²) < 4.78 is 1.18. The number of halogens is 1. The second-order valence-electron chi connectivity index (χ2n) is 6.23. The van der Waals surface area contributed by atoms with E-state index in [9.17, 15) is 0 Å². The van der Waals surface area contributed by atoms with Crippen molar-refractivity contribution in [1.82, 2.24) is 5.32 Å². The minimum absolute atomic E-state index is 0.107. The summed E-state index contributed by atoms with van der Waals surface area (Å²) in [4.78, 5) is 0. The van der Waals surface area contributed by atoms with Gasteiger partial charge in [0.05, 0.1) is 0 Å². The van der Waals surface area contributed by atoms with Gasteiger partial charge in [-0.15, -0.1) is 0 Å². The van der Waals surface area contributed by atoms with Crippen LogP contribution in [0.4, 0.5) is 0 Å². The Morgan fingerprint density at radius 3 is 2.42 bits per heavy atom. The number of nitrogens with two attached hydrogens (primary N) is 1. The lowest BCUT2D eigenvalue weighted by molar-refractivity contribution is 0.351. The molecule has 0 heterocycles. The fourth-order valence-electron chi connectivity index (χ4n) is 2.27. The maximum atomic E-state index is 5.81. The van der Waals surface area contributed by atoms with E-state index in [1.54, 1.807) is 0 Å². The summed E-state index contributed by atoms with van der Waals surface area (Å²) in [6.45, 7) is 11.7. The van der Waals surface area contributed by atoms with E-state index in [4.69, 9.17) is 5.73 Å². The summed E-state index contributed by atoms with van der Waals surface area (Å²) in [6, 6.07) is 8.45. The van der Waals surface area contributed by atoms with E-state index in [2.05, 4.69) is 73.2 Å². The molecule has 19 heavy (non-hydrogen) atoms. The van der Waals surface area contributed by atoms with E-state index in [0.29, 0.717) is 11.8 Å². The minimum atomic E-state index is 0.107. The summed E-state index contributed by atoms with van der Waals surface area (Å²) in [5, 5.41) is 3.58. The molecule has 0 aliphatic carbocycles. The molecule has 0 aliphatic rings. The fraction of sp³-hybridized carbons (Fsp3) is 0.625. The molecule has 0 bridgehead atoms. The van der Waals surface area contributed by atoms with E-state index in [0.717, 1.165) is 19.6 Å². The quantitative estimate of drug-likeness (QED) is 0.804. The average molecular weight is 327 g/mol. The highest BCUT2D eigenvalue weighted by Gasteiger charge is 2.23. The van der Waals surface area contributed by atoms with Crippen LogP contribution >= 0.6 is 15.9 Å². The van der Waals surface area contributed by atoms with Crippen molar-refractivity contribution in [1.29, 1.82) is 0 Å². The Bertz CT molecular complexity index is 388. The second kappa shape index (κ2) is 7.41. The van der Waals surface area contributed by atoms with Crippen molar-refractivity contribution in [2.24, 2.45) is 17.6 Å². The number of hydrogen-bond acceptors (Lipinski definition) is 2. The average Bonchev–Trinajstić information content (AvgIpc) is 2.34. The Morgan fingerprint density at radius 1 is 1.26 bits per heavy atom. The Kier molecular flexibility index (Phi) is 6.51. The molecule has 3 N–H and O–H groups in total. The molecule has 1 atom stereocenters. The molecule has 1 aromatic carbocycles. The number of rotatable bonds is 7. The van der Waals surface area contributed by atoms with Gasteiger partial charge < -0.3 is 11.1 Å². The lowest BCUT2D eigenvalue weighted by atomic mass is 9.84. The van der Waals surface area contributed by atoms with Crippen LogP contribution in [0.1, 0.15) is 33.3 Å². The highest BCUT2D eigenvalue weighted by Crippen LogP contribution is 2.29. The summed E-state index contributed by atoms with van der Waals surface area (Å²) in [5.74, 6) is 1.18. The van der Waals surface area contributed by atoms with Crippen LogP contribution in [-0.4, -0.2) is 19.6 Å². The van der Waals surface area contributed by atoms with E-state index in [1.165, 1.54) is 10.0 Å². The monoisotopic (exact) mass is 326 g/mol. The van der Waals surface area contributed by atoms with Crippen LogP contribution in [-0.2, 0) is 5.41 Å². The zero-order chi connectivity index (χ0) is 14.5. The third-order valence-corrected chi connectivity index (χ3v) is 4.51. The largest absolute Gasteiger partial charge is 0.330 e. The number of nitrogens with one attached hydrogen (secondary N) is 1. The Labute approximate surface area is 126 Å². The van der Waals surface area contributed by atoms with Gasteiger partial charge in [0.1, 0.15) is 0 Å². The molecule has 0 amide bonds. The van der Waals surface area contributed by atoms with Crippen LogP contribution in [0, 0.1) is 11.8 Å². The molecule has 0 saturated heterocycles. The molecule has 0 spiro atoms. The Hall–Kier alpha value is -0.380. The van der Waals surface area contributed by atoms with Crippen molar-refractivity contribution in [3.05, 3.63) is 34.3 Å². The third-order valence-electron chi connectivity index (χ3n) is 3.82. The predicted octanol–water partition coefficient (Wildman–Crippen LogP) is 3.55. The van der Waals surface area contributed by atoms with Gasteiger partial charge in [0.25, 0.3) is 0 Å². The van der Waals surface area contributed by atoms with Crippen LogP contribution in [0.25, 0.3) is 0 Å². The minimum Gasteiger partial charge on any atom is -0.330 e. The van der Waals surface area contributed by atoms with E-state index in [-0.39, 0.29) is 5.41 Å². The molecular weight excluding hydrogens is 300 g/mol. The van der Waals surface area contributed by atoms with Crippen molar-refractivity contribution in [3.8, 4) is 0 Å². The van der Waals surface area contributed by atoms with Crippen molar-refractivity contribution in [2.75, 3.05) is 19.6 Å². The van der Waals surface area contributed by atoms with Crippen LogP contribution in [0.2, 0.25) is 0 Å². The van der Waals surface area contributed by atoms with Crippen LogP contribution < -0.4 is 11.1 Å². The molecule has 2 nitrogen and oxygen atoms in total. The first kappa shape index (κ1) is 16.7. The Morgan fingerprint density at radius 2 is 1.89 bits per heavy atom. The van der Waals surface area contributed by atoms with Crippen molar-refractivity contribution in [2.45, 2.75) is 33.1 Å². The molecule has 108 valence electrons. The lowest BCUT2D eigenvalue weighted by Crippen LogP contribution is -2.38. The Balaban J connectivity index is 2.59. The standard InChI is InChI=1S/C16H27BrN2/c1-12(2)13(9-18)10-19-11-16(3,4)14-7-5-6-8-15(14)17/h5-8,12-13,19H,9-11,18H2,1-4H3. The van der Waals surface area contributed by atoms with E-state index in [1.807, 2.05) is 0 Å². The second-order valence-corrected chi connectivity index (χ2v) is 7.09. The first-order valence-corrected chi connectivity index (χ1v) is 7.83. The molecule has 0 aliphatic heterocycles. The van der Waals surface area contributed by atoms with E-state index >= 15 is 0 Å². The lowest BCUT2D eigenvalue weighted by Gasteiger charge is -2.28. The fourth-order valence-corrected chi connectivity index (χ4v) is 3.09. The number of hydrogen-bond donors (Lipinski definition) is 2. The zero-order valence-corrected chi connectivity index (χ0v) is 14.1. The van der Waals surface area contributed by atoms with Gasteiger partial charge in [0.15, 0.2) is 0 Å². The first-order valence-electron chi connectivity index (χ1n) is 7.04. The molecule has 0 radical (unpaired) electrons. The molecule has 0 saturated carbocycles. The van der Waals surface area contributed by atoms with Crippen LogP contribution in [0.5, 0.6) is 0 Å². The van der Waals surface area contributed by atoms with Gasteiger partial charge in [-0.05, 0) is 36.6 Å². The zero-order valence-electron chi connectivity index (χ0n) is 12.5. The highest BCUT2D eigenvalue weighted by atomic mass is 79.9. The van der Waals surface area contributed by atoms with Gasteiger partial charge in [-0.1, -0.05) is 61.8 Å². The van der Waals surface area contributed by atoms with Crippen molar-refractivity contribution < 1.29 is 0 Å². The molecule has 1 unspecified atom stereocenters. The molecular formula is C16H27BrN2. The van der Waals surface area contributed by atoms with Crippen LogP contribution in [0.3, 0.4) is 0 Å². The number of benzene rings is 1. The van der Waals surface area contributed by atoms with E-state index < -0.39 is 0 Å². The summed E-state index contributed by atoms with van der Waals surface area (Å²) in [7, 11) is 0.